The van der Waals surface area contributed by atoms with Gasteiger partial charge in [-0.25, -0.2) is 0 Å². The summed E-state index contributed by atoms with van der Waals surface area (Å²) < 4.78 is 5.15. The van der Waals surface area contributed by atoms with Crippen molar-refractivity contribution >= 4 is 11.9 Å². The Labute approximate surface area is 90.7 Å². The van der Waals surface area contributed by atoms with Crippen LogP contribution in [0.4, 0.5) is 0 Å². The van der Waals surface area contributed by atoms with Gasteiger partial charge in [0, 0.05) is 19.4 Å². The molecule has 0 aliphatic carbocycles. The Morgan fingerprint density at radius 1 is 1.53 bits per heavy atom. The number of rotatable bonds is 5. The molecule has 0 aromatic heterocycles. The van der Waals surface area contributed by atoms with E-state index in [9.17, 15) is 9.59 Å². The van der Waals surface area contributed by atoms with Crippen molar-refractivity contribution in [3.8, 4) is 0 Å². The Hall–Kier alpha value is -1.32. The lowest BCUT2D eigenvalue weighted by Gasteiger charge is -2.31. The SMILES string of the molecule is C=CC(=O)NCC(C)C(C)(C)OC(C)=O. The highest BCUT2D eigenvalue weighted by Gasteiger charge is 2.28. The average Bonchev–Trinajstić information content (AvgIpc) is 2.11. The first kappa shape index (κ1) is 13.7. The highest BCUT2D eigenvalue weighted by atomic mass is 16.6. The van der Waals surface area contributed by atoms with Crippen LogP contribution >= 0.6 is 0 Å². The Morgan fingerprint density at radius 2 is 2.07 bits per heavy atom. The van der Waals surface area contributed by atoms with Gasteiger partial charge in [0.2, 0.25) is 5.91 Å². The van der Waals surface area contributed by atoms with Gasteiger partial charge in [-0.1, -0.05) is 13.5 Å². The van der Waals surface area contributed by atoms with Crippen molar-refractivity contribution < 1.29 is 14.3 Å². The van der Waals surface area contributed by atoms with E-state index in [0.29, 0.717) is 6.54 Å². The Morgan fingerprint density at radius 3 is 2.47 bits per heavy atom. The fourth-order valence-corrected chi connectivity index (χ4v) is 1.04. The van der Waals surface area contributed by atoms with E-state index in [1.54, 1.807) is 0 Å². The molecule has 4 heteroatoms. The molecule has 15 heavy (non-hydrogen) atoms. The fourth-order valence-electron chi connectivity index (χ4n) is 1.04. The van der Waals surface area contributed by atoms with Crippen molar-refractivity contribution in [2.75, 3.05) is 6.54 Å². The molecule has 0 spiro atoms. The second kappa shape index (κ2) is 5.53. The van der Waals surface area contributed by atoms with E-state index in [2.05, 4.69) is 11.9 Å². The minimum atomic E-state index is -0.583. The van der Waals surface area contributed by atoms with Crippen LogP contribution in [0.15, 0.2) is 12.7 Å². The number of amides is 1. The number of hydrogen-bond donors (Lipinski definition) is 1. The van der Waals surface area contributed by atoms with Crippen LogP contribution in [0.5, 0.6) is 0 Å². The summed E-state index contributed by atoms with van der Waals surface area (Å²) in [5.41, 5.74) is -0.583. The van der Waals surface area contributed by atoms with E-state index < -0.39 is 5.60 Å². The summed E-state index contributed by atoms with van der Waals surface area (Å²) in [7, 11) is 0. The van der Waals surface area contributed by atoms with Crippen LogP contribution < -0.4 is 5.32 Å². The molecule has 0 saturated carbocycles. The third-order valence-corrected chi connectivity index (χ3v) is 2.36. The molecule has 0 radical (unpaired) electrons. The quantitative estimate of drug-likeness (QED) is 0.552. The molecule has 0 aromatic rings. The van der Waals surface area contributed by atoms with E-state index in [-0.39, 0.29) is 17.8 Å². The molecule has 1 amide bonds. The molecule has 1 unspecified atom stereocenters. The van der Waals surface area contributed by atoms with Crippen LogP contribution in [-0.4, -0.2) is 24.0 Å². The molecule has 0 rings (SSSR count). The van der Waals surface area contributed by atoms with Crippen molar-refractivity contribution in [3.05, 3.63) is 12.7 Å². The third kappa shape index (κ3) is 5.20. The average molecular weight is 213 g/mol. The lowest BCUT2D eigenvalue weighted by atomic mass is 9.92. The standard InChI is InChI=1S/C11H19NO3/c1-6-10(14)12-7-8(2)11(4,5)15-9(3)13/h6,8H,1,7H2,2-5H3,(H,12,14). The first-order chi connectivity index (χ1) is 6.79. The molecular formula is C11H19NO3. The summed E-state index contributed by atoms with van der Waals surface area (Å²) in [5.74, 6) is -0.507. The lowest BCUT2D eigenvalue weighted by Crippen LogP contribution is -2.41. The molecule has 4 nitrogen and oxygen atoms in total. The predicted molar refractivity (Wildman–Crippen MR) is 58.2 cm³/mol. The maximum atomic E-state index is 10.9. The molecule has 0 saturated heterocycles. The zero-order chi connectivity index (χ0) is 12.1. The number of hydrogen-bond acceptors (Lipinski definition) is 3. The molecule has 86 valence electrons. The van der Waals surface area contributed by atoms with E-state index in [1.807, 2.05) is 20.8 Å². The summed E-state index contributed by atoms with van der Waals surface area (Å²) in [5, 5.41) is 2.66. The Balaban J connectivity index is 4.17. The van der Waals surface area contributed by atoms with Gasteiger partial charge in [-0.15, -0.1) is 0 Å². The van der Waals surface area contributed by atoms with Crippen molar-refractivity contribution in [1.29, 1.82) is 0 Å². The number of esters is 1. The summed E-state index contributed by atoms with van der Waals surface area (Å²) >= 11 is 0. The third-order valence-electron chi connectivity index (χ3n) is 2.36. The van der Waals surface area contributed by atoms with Gasteiger partial charge in [-0.3, -0.25) is 9.59 Å². The van der Waals surface area contributed by atoms with Crippen molar-refractivity contribution in [2.45, 2.75) is 33.3 Å². The van der Waals surface area contributed by atoms with Gasteiger partial charge in [0.05, 0.1) is 0 Å². The lowest BCUT2D eigenvalue weighted by molar-refractivity contribution is -0.158. The zero-order valence-electron chi connectivity index (χ0n) is 9.79. The molecule has 0 bridgehead atoms. The smallest absolute Gasteiger partial charge is 0.303 e. The summed E-state index contributed by atoms with van der Waals surface area (Å²) in [6.45, 7) is 10.7. The van der Waals surface area contributed by atoms with Crippen LogP contribution in [0, 0.1) is 5.92 Å². The molecule has 1 atom stereocenters. The minimum absolute atomic E-state index is 0.0327. The van der Waals surface area contributed by atoms with Crippen LogP contribution in [0.2, 0.25) is 0 Å². The summed E-state index contributed by atoms with van der Waals surface area (Å²) in [6.07, 6.45) is 1.21. The van der Waals surface area contributed by atoms with E-state index in [0.717, 1.165) is 0 Å². The van der Waals surface area contributed by atoms with Crippen molar-refractivity contribution in [2.24, 2.45) is 5.92 Å². The van der Waals surface area contributed by atoms with Crippen LogP contribution in [0.25, 0.3) is 0 Å². The molecular weight excluding hydrogens is 194 g/mol. The molecule has 0 fully saturated rings. The van der Waals surface area contributed by atoms with E-state index >= 15 is 0 Å². The Kier molecular flexibility index (Phi) is 5.05. The highest BCUT2D eigenvalue weighted by Crippen LogP contribution is 2.20. The van der Waals surface area contributed by atoms with Gasteiger partial charge < -0.3 is 10.1 Å². The van der Waals surface area contributed by atoms with Crippen LogP contribution in [-0.2, 0) is 14.3 Å². The molecule has 0 heterocycles. The largest absolute Gasteiger partial charge is 0.459 e. The van der Waals surface area contributed by atoms with E-state index in [4.69, 9.17) is 4.74 Å². The number of ether oxygens (including phenoxy) is 1. The molecule has 0 aromatic carbocycles. The molecule has 0 aliphatic rings. The maximum absolute atomic E-state index is 10.9. The van der Waals surface area contributed by atoms with Gasteiger partial charge >= 0.3 is 5.97 Å². The van der Waals surface area contributed by atoms with Crippen molar-refractivity contribution in [3.63, 3.8) is 0 Å². The first-order valence-electron chi connectivity index (χ1n) is 4.89. The number of nitrogens with one attached hydrogen (secondary N) is 1. The van der Waals surface area contributed by atoms with Gasteiger partial charge in [-0.2, -0.15) is 0 Å². The predicted octanol–water partition coefficient (Wildman–Crippen LogP) is 1.27. The van der Waals surface area contributed by atoms with Crippen LogP contribution in [0.1, 0.15) is 27.7 Å². The number of carbonyl (C=O) groups excluding carboxylic acids is 2. The zero-order valence-corrected chi connectivity index (χ0v) is 9.79. The maximum Gasteiger partial charge on any atom is 0.303 e. The summed E-state index contributed by atoms with van der Waals surface area (Å²) in [6, 6.07) is 0. The second-order valence-electron chi connectivity index (χ2n) is 4.05. The highest BCUT2D eigenvalue weighted by molar-refractivity contribution is 5.86. The Bertz CT molecular complexity index is 259. The van der Waals surface area contributed by atoms with E-state index in [1.165, 1.54) is 13.0 Å². The topological polar surface area (TPSA) is 55.4 Å². The summed E-state index contributed by atoms with van der Waals surface area (Å²) in [4.78, 5) is 21.8. The van der Waals surface area contributed by atoms with Crippen LogP contribution in [0.3, 0.4) is 0 Å². The molecule has 1 N–H and O–H groups in total. The van der Waals surface area contributed by atoms with Gasteiger partial charge in [0.1, 0.15) is 5.60 Å². The monoisotopic (exact) mass is 213 g/mol. The fraction of sp³-hybridized carbons (Fsp3) is 0.636. The van der Waals surface area contributed by atoms with Gasteiger partial charge in [-0.05, 0) is 19.9 Å². The number of carbonyl (C=O) groups is 2. The van der Waals surface area contributed by atoms with Crippen molar-refractivity contribution in [1.82, 2.24) is 5.32 Å². The first-order valence-corrected chi connectivity index (χ1v) is 4.89. The second-order valence-corrected chi connectivity index (χ2v) is 4.05. The van der Waals surface area contributed by atoms with Gasteiger partial charge in [0.25, 0.3) is 0 Å². The van der Waals surface area contributed by atoms with Gasteiger partial charge in [0.15, 0.2) is 0 Å². The minimum Gasteiger partial charge on any atom is -0.459 e. The molecule has 0 aliphatic heterocycles. The normalized spacial score (nSPS) is 12.8.